The van der Waals surface area contributed by atoms with Crippen LogP contribution in [-0.2, 0) is 0 Å². The highest BCUT2D eigenvalue weighted by Crippen LogP contribution is 2.33. The van der Waals surface area contributed by atoms with Gasteiger partial charge in [0.1, 0.15) is 11.5 Å². The maximum absolute atomic E-state index is 12.5. The Bertz CT molecular complexity index is 1010. The number of halogens is 5. The minimum atomic E-state index is -4.70. The summed E-state index contributed by atoms with van der Waals surface area (Å²) in [4.78, 5) is 2.35. The van der Waals surface area contributed by atoms with Gasteiger partial charge in [-0.2, -0.15) is 0 Å². The van der Waals surface area contributed by atoms with Gasteiger partial charge in [-0.25, -0.2) is 0 Å². The van der Waals surface area contributed by atoms with Crippen molar-refractivity contribution in [3.8, 4) is 11.5 Å². The van der Waals surface area contributed by atoms with Crippen molar-refractivity contribution < 1.29 is 22.6 Å². The Morgan fingerprint density at radius 3 is 2.00 bits per heavy atom. The molecule has 3 aromatic rings. The van der Waals surface area contributed by atoms with E-state index < -0.39 is 6.36 Å². The fraction of sp³-hybridized carbons (Fsp3) is 0.304. The molecule has 9 heteroatoms. The number of nitrogens with zero attached hydrogens (tertiary/aromatic N) is 1. The summed E-state index contributed by atoms with van der Waals surface area (Å²) in [6.45, 7) is 3.45. The van der Waals surface area contributed by atoms with Gasteiger partial charge in [0.2, 0.25) is 0 Å². The molecule has 0 aromatic heterocycles. The molecule has 1 saturated heterocycles. The molecule has 0 unspecified atom stereocenters. The topological polar surface area (TPSA) is 33.7 Å². The first-order valence-corrected chi connectivity index (χ1v) is 9.81. The van der Waals surface area contributed by atoms with E-state index in [1.165, 1.54) is 12.1 Å². The van der Waals surface area contributed by atoms with E-state index in [2.05, 4.69) is 33.2 Å². The molecule has 1 aliphatic rings. The molecule has 174 valence electrons. The maximum atomic E-state index is 12.5. The van der Waals surface area contributed by atoms with E-state index in [0.29, 0.717) is 0 Å². The van der Waals surface area contributed by atoms with Crippen molar-refractivity contribution in [1.82, 2.24) is 10.2 Å². The first kappa shape index (κ1) is 26.1. The molecule has 1 atom stereocenters. The van der Waals surface area contributed by atoms with Gasteiger partial charge in [-0.3, -0.25) is 4.90 Å². The Hall–Kier alpha value is -2.19. The summed E-state index contributed by atoms with van der Waals surface area (Å²) in [5.74, 6) is 0.588. The fourth-order valence-corrected chi connectivity index (χ4v) is 3.95. The molecule has 32 heavy (non-hydrogen) atoms. The van der Waals surface area contributed by atoms with Gasteiger partial charge in [0, 0.05) is 26.2 Å². The molecule has 4 rings (SSSR count). The van der Waals surface area contributed by atoms with E-state index in [-0.39, 0.29) is 36.6 Å². The summed E-state index contributed by atoms with van der Waals surface area (Å²) in [5.41, 5.74) is 2.03. The molecule has 1 heterocycles. The molecule has 1 fully saturated rings. The smallest absolute Gasteiger partial charge is 0.497 e. The van der Waals surface area contributed by atoms with Crippen LogP contribution in [0.1, 0.15) is 17.2 Å². The molecule has 0 bridgehead atoms. The van der Waals surface area contributed by atoms with E-state index in [9.17, 15) is 13.2 Å². The summed E-state index contributed by atoms with van der Waals surface area (Å²) >= 11 is 0. The number of hydrogen-bond acceptors (Lipinski definition) is 4. The first-order valence-electron chi connectivity index (χ1n) is 9.81. The van der Waals surface area contributed by atoms with Gasteiger partial charge in [-0.1, -0.05) is 30.3 Å². The number of rotatable bonds is 5. The minimum absolute atomic E-state index is 0. The van der Waals surface area contributed by atoms with Crippen LogP contribution < -0.4 is 14.8 Å². The molecule has 0 radical (unpaired) electrons. The zero-order chi connectivity index (χ0) is 21.1. The molecular weight excluding hydrogens is 464 g/mol. The van der Waals surface area contributed by atoms with Crippen LogP contribution in [0.2, 0.25) is 0 Å². The Balaban J connectivity index is 0.00000181. The van der Waals surface area contributed by atoms with Crippen LogP contribution in [0.3, 0.4) is 0 Å². The van der Waals surface area contributed by atoms with Gasteiger partial charge in [0.25, 0.3) is 0 Å². The van der Waals surface area contributed by atoms with Crippen LogP contribution in [0.4, 0.5) is 13.2 Å². The number of nitrogens with one attached hydrogen (secondary N) is 1. The highest BCUT2D eigenvalue weighted by atomic mass is 35.5. The molecule has 0 aliphatic carbocycles. The van der Waals surface area contributed by atoms with Crippen LogP contribution in [0, 0.1) is 0 Å². The molecule has 1 N–H and O–H groups in total. The number of benzene rings is 3. The lowest BCUT2D eigenvalue weighted by Crippen LogP contribution is -2.45. The van der Waals surface area contributed by atoms with E-state index in [0.717, 1.165) is 53.8 Å². The van der Waals surface area contributed by atoms with Crippen LogP contribution in [0.5, 0.6) is 11.5 Å². The van der Waals surface area contributed by atoms with Crippen molar-refractivity contribution in [2.24, 2.45) is 0 Å². The number of methoxy groups -OCH3 is 1. The molecule has 0 spiro atoms. The van der Waals surface area contributed by atoms with Crippen molar-refractivity contribution >= 4 is 35.6 Å². The largest absolute Gasteiger partial charge is 0.573 e. The summed E-state index contributed by atoms with van der Waals surface area (Å²) in [5, 5.41) is 5.51. The summed E-state index contributed by atoms with van der Waals surface area (Å²) in [7, 11) is 1.64. The normalized spacial score (nSPS) is 15.4. The van der Waals surface area contributed by atoms with E-state index >= 15 is 0 Å². The van der Waals surface area contributed by atoms with E-state index in [1.807, 2.05) is 18.2 Å². The lowest BCUT2D eigenvalue weighted by atomic mass is 9.94. The van der Waals surface area contributed by atoms with Crippen LogP contribution in [-0.4, -0.2) is 44.6 Å². The second-order valence-corrected chi connectivity index (χ2v) is 7.28. The predicted molar refractivity (Wildman–Crippen MR) is 124 cm³/mol. The Morgan fingerprint density at radius 1 is 0.812 bits per heavy atom. The van der Waals surface area contributed by atoms with Gasteiger partial charge >= 0.3 is 6.36 Å². The zero-order valence-corrected chi connectivity index (χ0v) is 19.0. The molecule has 3 aromatic carbocycles. The predicted octanol–water partition coefficient (Wildman–Crippen LogP) is 5.59. The number of ether oxygens (including phenoxy) is 2. The highest BCUT2D eigenvalue weighted by molar-refractivity contribution is 5.86. The third-order valence-corrected chi connectivity index (χ3v) is 5.33. The average molecular weight is 489 g/mol. The Labute approximate surface area is 197 Å². The number of fused-ring (bicyclic) bond motifs is 1. The lowest BCUT2D eigenvalue weighted by Gasteiger charge is -2.35. The SMILES string of the molecule is COc1ccc2cc([C@H](c3ccc(OC(F)(F)F)cc3)N3CCNCC3)ccc2c1.Cl.Cl. The standard InChI is InChI=1S/C23H23F3N2O2.2ClH/c1-29-21-9-6-17-14-19(3-2-18(17)15-21)22(28-12-10-27-11-13-28)16-4-7-20(8-5-16)30-23(24,25)26;;/h2-9,14-15,22,27H,10-13H2,1H3;2*1H/t22-;;/m0../s1. The van der Waals surface area contributed by atoms with Gasteiger partial charge < -0.3 is 14.8 Å². The molecule has 1 aliphatic heterocycles. The average Bonchev–Trinajstić information content (AvgIpc) is 2.74. The summed E-state index contributed by atoms with van der Waals surface area (Å²) in [6, 6.07) is 18.3. The van der Waals surface area contributed by atoms with Crippen LogP contribution in [0.15, 0.2) is 60.7 Å². The second kappa shape index (κ2) is 11.1. The Kier molecular flexibility index (Phi) is 9.04. The van der Waals surface area contributed by atoms with Crippen LogP contribution in [0.25, 0.3) is 10.8 Å². The van der Waals surface area contributed by atoms with E-state index in [1.54, 1.807) is 19.2 Å². The molecule has 0 saturated carbocycles. The molecular formula is C23H25Cl2F3N2O2. The number of piperazine rings is 1. The second-order valence-electron chi connectivity index (χ2n) is 7.28. The number of alkyl halides is 3. The third-order valence-electron chi connectivity index (χ3n) is 5.33. The fourth-order valence-electron chi connectivity index (χ4n) is 3.95. The maximum Gasteiger partial charge on any atom is 0.573 e. The monoisotopic (exact) mass is 488 g/mol. The number of hydrogen-bond donors (Lipinski definition) is 1. The van der Waals surface area contributed by atoms with Gasteiger partial charge in [0.15, 0.2) is 0 Å². The van der Waals surface area contributed by atoms with Gasteiger partial charge in [0.05, 0.1) is 13.2 Å². The quantitative estimate of drug-likeness (QED) is 0.507. The van der Waals surface area contributed by atoms with Crippen molar-refractivity contribution in [1.29, 1.82) is 0 Å². The van der Waals surface area contributed by atoms with Gasteiger partial charge in [-0.15, -0.1) is 38.0 Å². The Morgan fingerprint density at radius 2 is 1.38 bits per heavy atom. The van der Waals surface area contributed by atoms with Crippen molar-refractivity contribution in [3.05, 3.63) is 71.8 Å². The van der Waals surface area contributed by atoms with Crippen molar-refractivity contribution in [2.45, 2.75) is 12.4 Å². The lowest BCUT2D eigenvalue weighted by molar-refractivity contribution is -0.274. The van der Waals surface area contributed by atoms with Crippen molar-refractivity contribution in [2.75, 3.05) is 33.3 Å². The van der Waals surface area contributed by atoms with Gasteiger partial charge in [-0.05, 0) is 52.2 Å². The summed E-state index contributed by atoms with van der Waals surface area (Å²) < 4.78 is 46.9. The third kappa shape index (κ3) is 6.19. The first-order chi connectivity index (χ1) is 14.4. The van der Waals surface area contributed by atoms with Crippen LogP contribution >= 0.6 is 24.8 Å². The molecule has 4 nitrogen and oxygen atoms in total. The van der Waals surface area contributed by atoms with Crippen molar-refractivity contribution in [3.63, 3.8) is 0 Å². The highest BCUT2D eigenvalue weighted by Gasteiger charge is 2.31. The molecule has 0 amide bonds. The summed E-state index contributed by atoms with van der Waals surface area (Å²) in [6.07, 6.45) is -4.70. The van der Waals surface area contributed by atoms with E-state index in [4.69, 9.17) is 4.74 Å². The zero-order valence-electron chi connectivity index (χ0n) is 17.4. The minimum Gasteiger partial charge on any atom is -0.497 e.